The minimum atomic E-state index is -6.09. The van der Waals surface area contributed by atoms with Crippen LogP contribution >= 0.6 is 22.7 Å². The summed E-state index contributed by atoms with van der Waals surface area (Å²) in [5.74, 6) is 0. The molecule has 1 aromatic carbocycles. The van der Waals surface area contributed by atoms with E-state index in [2.05, 4.69) is 116 Å². The largest absolute Gasteiger partial charge is 0.741 e. The Hall–Kier alpha value is -4.20. The molecule has 0 aliphatic carbocycles. The molecule has 7 rings (SSSR count). The Labute approximate surface area is 302 Å². The maximum Gasteiger partial charge on any atom is 0.485 e. The highest BCUT2D eigenvalue weighted by Gasteiger charge is 2.38. The van der Waals surface area contributed by atoms with E-state index in [1.165, 1.54) is 56.0 Å². The van der Waals surface area contributed by atoms with Crippen molar-refractivity contribution in [3.8, 4) is 22.5 Å². The molecule has 0 radical (unpaired) electrons. The van der Waals surface area contributed by atoms with Gasteiger partial charge in [-0.25, -0.2) is 16.8 Å². The molecule has 0 amide bonds. The van der Waals surface area contributed by atoms with Gasteiger partial charge in [0.2, 0.25) is 17.1 Å². The summed E-state index contributed by atoms with van der Waals surface area (Å²) < 4.78 is 123. The van der Waals surface area contributed by atoms with E-state index in [-0.39, 0.29) is 0 Å². The highest BCUT2D eigenvalue weighted by atomic mass is 32.2. The maximum atomic E-state index is 10.7. The number of hydrogen-bond donors (Lipinski definition) is 0. The van der Waals surface area contributed by atoms with E-state index in [4.69, 9.17) is 25.9 Å². The fourth-order valence-electron chi connectivity index (χ4n) is 5.53. The van der Waals surface area contributed by atoms with Crippen LogP contribution < -0.4 is 9.13 Å². The summed E-state index contributed by atoms with van der Waals surface area (Å²) >= 11 is 3.48. The summed E-state index contributed by atoms with van der Waals surface area (Å²) in [7, 11) is -12.2. The molecule has 0 bridgehead atoms. The molecule has 274 valence electrons. The zero-order valence-corrected chi connectivity index (χ0v) is 29.7. The Morgan fingerprint density at radius 2 is 1.13 bits per heavy atom. The second-order valence-electron chi connectivity index (χ2n) is 11.2. The number of halogens is 6. The standard InChI is InChI=1S/C32H26N2S2.2CHF3O3S/c1-2-14-33-15-10-26-7-8-27-11-16-34-28(9-6-24-13-18-36-22-24)19-25(5-4-23-12-17-35-21-23)20-30(34)32(27)31(26)29(33)3-1;2*2-1(3,4)8(5,6)7/h1-9,12-14,17-22H,10-11,15-16H2;2*(H,5,6,7)/q+2;;/p-2. The average Bonchev–Trinajstić information content (AvgIpc) is 3.79. The number of fused-ring (bicyclic) bond motifs is 7. The van der Waals surface area contributed by atoms with Crippen LogP contribution in [0.4, 0.5) is 26.3 Å². The van der Waals surface area contributed by atoms with Gasteiger partial charge < -0.3 is 9.11 Å². The Kier molecular flexibility index (Phi) is 11.6. The van der Waals surface area contributed by atoms with Crippen molar-refractivity contribution in [1.82, 2.24) is 0 Å². The molecule has 18 heteroatoms. The third-order valence-electron chi connectivity index (χ3n) is 7.85. The quantitative estimate of drug-likeness (QED) is 0.0816. The van der Waals surface area contributed by atoms with E-state index in [1.54, 1.807) is 22.7 Å². The van der Waals surface area contributed by atoms with Crippen molar-refractivity contribution in [1.29, 1.82) is 0 Å². The van der Waals surface area contributed by atoms with Crippen molar-refractivity contribution < 1.29 is 61.4 Å². The van der Waals surface area contributed by atoms with Gasteiger partial charge >= 0.3 is 11.0 Å². The number of hydrogen-bond acceptors (Lipinski definition) is 8. The molecular formula is C34H26F6N2O6S4. The van der Waals surface area contributed by atoms with Crippen LogP contribution in [0.1, 0.15) is 33.5 Å². The number of pyridine rings is 2. The Bertz CT molecular complexity index is 2290. The van der Waals surface area contributed by atoms with Gasteiger partial charge in [-0.05, 0) is 73.6 Å². The van der Waals surface area contributed by atoms with E-state index in [1.807, 2.05) is 0 Å². The summed E-state index contributed by atoms with van der Waals surface area (Å²) in [6.07, 6.45) is 13.4. The van der Waals surface area contributed by atoms with Crippen molar-refractivity contribution in [3.05, 3.63) is 116 Å². The van der Waals surface area contributed by atoms with E-state index in [9.17, 15) is 26.3 Å². The molecule has 2 aliphatic rings. The van der Waals surface area contributed by atoms with Gasteiger partial charge in [-0.1, -0.05) is 24.3 Å². The van der Waals surface area contributed by atoms with Crippen molar-refractivity contribution in [2.75, 3.05) is 0 Å². The molecule has 0 atom stereocenters. The van der Waals surface area contributed by atoms with Crippen LogP contribution in [0.3, 0.4) is 0 Å². The maximum absolute atomic E-state index is 10.7. The molecule has 6 heterocycles. The molecule has 0 saturated carbocycles. The molecule has 0 fully saturated rings. The van der Waals surface area contributed by atoms with E-state index < -0.39 is 31.3 Å². The van der Waals surface area contributed by atoms with Gasteiger partial charge in [0.05, 0.1) is 11.1 Å². The Balaban J connectivity index is 0.000000275. The minimum absolute atomic E-state index is 0.994. The fourth-order valence-corrected chi connectivity index (χ4v) is 6.79. The SMILES string of the molecule is C(=Cc1cc(C=Cc2ccsc2)[n+]2c(c1)-c1c(ccc3c1-c1cccc[n+]1CC3)CC2)c1ccsc1.O=S(=O)([O-])C(F)(F)F.O=S(=O)([O-])C(F)(F)F. The first-order valence-corrected chi connectivity index (χ1v) is 19.7. The number of rotatable bonds is 4. The topological polar surface area (TPSA) is 122 Å². The smallest absolute Gasteiger partial charge is 0.485 e. The fraction of sp³-hybridized carbons (Fsp3) is 0.176. The summed E-state index contributed by atoms with van der Waals surface area (Å²) in [5, 5.41) is 8.67. The van der Waals surface area contributed by atoms with Crippen LogP contribution in [0.2, 0.25) is 0 Å². The predicted octanol–water partition coefficient (Wildman–Crippen LogP) is 7.27. The van der Waals surface area contributed by atoms with Crippen molar-refractivity contribution in [2.45, 2.75) is 36.9 Å². The van der Waals surface area contributed by atoms with Crippen molar-refractivity contribution in [2.24, 2.45) is 0 Å². The van der Waals surface area contributed by atoms with E-state index in [0.29, 0.717) is 0 Å². The van der Waals surface area contributed by atoms with Crippen LogP contribution in [0.5, 0.6) is 0 Å². The number of thiophene rings is 2. The first-order valence-electron chi connectivity index (χ1n) is 15.0. The lowest BCUT2D eigenvalue weighted by Crippen LogP contribution is -2.44. The third-order valence-corrected chi connectivity index (χ3v) is 10.4. The first kappa shape index (κ1) is 39.0. The lowest BCUT2D eigenvalue weighted by atomic mass is 9.84. The zero-order valence-electron chi connectivity index (χ0n) is 26.5. The highest BCUT2D eigenvalue weighted by Crippen LogP contribution is 2.39. The summed E-state index contributed by atoms with van der Waals surface area (Å²) in [6.45, 7) is 2.04. The normalized spacial score (nSPS) is 14.0. The molecule has 4 aromatic heterocycles. The molecule has 2 aliphatic heterocycles. The van der Waals surface area contributed by atoms with Gasteiger partial charge in [0.1, 0.15) is 0 Å². The number of aromatic nitrogens is 2. The van der Waals surface area contributed by atoms with Gasteiger partial charge in [0.25, 0.3) is 0 Å². The van der Waals surface area contributed by atoms with Crippen LogP contribution in [0.25, 0.3) is 46.8 Å². The van der Waals surface area contributed by atoms with Gasteiger partial charge in [-0.3, -0.25) is 0 Å². The number of aryl methyl sites for hydroxylation is 3. The summed E-state index contributed by atoms with van der Waals surface area (Å²) in [6, 6.07) is 20.4. The molecule has 8 nitrogen and oxygen atoms in total. The third kappa shape index (κ3) is 9.23. The van der Waals surface area contributed by atoms with Gasteiger partial charge in [-0.2, -0.15) is 58.2 Å². The lowest BCUT2D eigenvalue weighted by molar-refractivity contribution is -0.690. The average molecular weight is 801 g/mol. The van der Waals surface area contributed by atoms with Gasteiger partial charge in [0.15, 0.2) is 39.5 Å². The predicted molar refractivity (Wildman–Crippen MR) is 183 cm³/mol. The number of nitrogens with zero attached hydrogens (tertiary/aromatic N) is 2. The molecule has 52 heavy (non-hydrogen) atoms. The highest BCUT2D eigenvalue weighted by molar-refractivity contribution is 7.86. The van der Waals surface area contributed by atoms with Crippen LogP contribution in [-0.4, -0.2) is 37.0 Å². The molecule has 0 N–H and O–H groups in total. The van der Waals surface area contributed by atoms with Crippen molar-refractivity contribution >= 4 is 67.2 Å². The van der Waals surface area contributed by atoms with Gasteiger partial charge in [-0.15, -0.1) is 0 Å². The van der Waals surface area contributed by atoms with Crippen LogP contribution in [0, 0.1) is 0 Å². The molecule has 0 unspecified atom stereocenters. The number of benzene rings is 1. The van der Waals surface area contributed by atoms with Crippen LogP contribution in [-0.2, 0) is 46.2 Å². The minimum Gasteiger partial charge on any atom is -0.741 e. The second kappa shape index (κ2) is 15.4. The van der Waals surface area contributed by atoms with E-state index in [0.717, 1.165) is 25.9 Å². The molecule has 5 aromatic rings. The molecular weight excluding hydrogens is 775 g/mol. The molecule has 0 spiro atoms. The Morgan fingerprint density at radius 1 is 0.635 bits per heavy atom. The van der Waals surface area contributed by atoms with E-state index >= 15 is 0 Å². The summed E-state index contributed by atoms with van der Waals surface area (Å²) in [4.78, 5) is 0. The summed E-state index contributed by atoms with van der Waals surface area (Å²) in [5.41, 5.74) is 2.11. The monoisotopic (exact) mass is 800 g/mol. The Morgan fingerprint density at radius 3 is 1.65 bits per heavy atom. The lowest BCUT2D eigenvalue weighted by Gasteiger charge is -2.23. The molecule has 0 saturated heterocycles. The van der Waals surface area contributed by atoms with Crippen LogP contribution in [0.15, 0.2) is 82.3 Å². The van der Waals surface area contributed by atoms with Gasteiger partial charge in [0, 0.05) is 43.2 Å². The second-order valence-corrected chi connectivity index (χ2v) is 15.5. The first-order chi connectivity index (χ1) is 24.3. The number of alkyl halides is 6. The van der Waals surface area contributed by atoms with Crippen molar-refractivity contribution in [3.63, 3.8) is 0 Å². The zero-order chi connectivity index (χ0) is 37.9.